The molecule has 1 aliphatic rings. The number of rotatable bonds is 0. The minimum Gasteiger partial charge on any atom is -0.331 e. The van der Waals surface area contributed by atoms with Gasteiger partial charge >= 0.3 is 12.1 Å². The van der Waals surface area contributed by atoms with E-state index >= 15 is 0 Å². The lowest BCUT2D eigenvalue weighted by Crippen LogP contribution is -2.29. The molecule has 1 saturated heterocycles. The van der Waals surface area contributed by atoms with Crippen molar-refractivity contribution in [2.45, 2.75) is 6.18 Å². The van der Waals surface area contributed by atoms with Crippen LogP contribution in [0.3, 0.4) is 0 Å². The van der Waals surface area contributed by atoms with Gasteiger partial charge in [0.05, 0.1) is 0 Å². The van der Waals surface area contributed by atoms with Crippen molar-refractivity contribution < 1.29 is 18.0 Å². The molecule has 1 fully saturated rings. The number of nitrogens with zero attached hydrogens (tertiary/aromatic N) is 1. The van der Waals surface area contributed by atoms with Crippen molar-refractivity contribution >= 4 is 5.91 Å². The molecule has 0 aromatic carbocycles. The summed E-state index contributed by atoms with van der Waals surface area (Å²) in [6.07, 6.45) is -4.67. The summed E-state index contributed by atoms with van der Waals surface area (Å²) >= 11 is 0. The fourth-order valence-corrected chi connectivity index (χ4v) is 0.432. The highest BCUT2D eigenvalue weighted by Crippen LogP contribution is 2.21. The first-order chi connectivity index (χ1) is 4.02. The van der Waals surface area contributed by atoms with Crippen molar-refractivity contribution in [3.8, 4) is 0 Å². The van der Waals surface area contributed by atoms with E-state index in [0.717, 1.165) is 4.90 Å². The van der Waals surface area contributed by atoms with Gasteiger partial charge in [-0.1, -0.05) is 0 Å². The van der Waals surface area contributed by atoms with Gasteiger partial charge in [0, 0.05) is 13.1 Å². The van der Waals surface area contributed by atoms with Crippen molar-refractivity contribution in [1.82, 2.24) is 4.90 Å². The Morgan fingerprint density at radius 3 is 1.89 bits per heavy atom. The Kier molecular flexibility index (Phi) is 1.15. The predicted octanol–water partition coefficient (Wildman–Crippen LogP) is 0.391. The number of hydrogen-bond acceptors (Lipinski definition) is 1. The quantitative estimate of drug-likeness (QED) is 0.444. The SMILES string of the molecule is O=C(N1CC1)C(F)(F)F. The molecular formula is C4H4F3NO. The van der Waals surface area contributed by atoms with Crippen LogP contribution in [0.2, 0.25) is 0 Å². The molecule has 1 aliphatic heterocycles. The first-order valence-electron chi connectivity index (χ1n) is 2.38. The van der Waals surface area contributed by atoms with E-state index in [9.17, 15) is 18.0 Å². The van der Waals surface area contributed by atoms with Crippen LogP contribution >= 0.6 is 0 Å². The normalized spacial score (nSPS) is 17.9. The molecule has 5 heteroatoms. The average molecular weight is 139 g/mol. The van der Waals surface area contributed by atoms with Gasteiger partial charge in [-0.3, -0.25) is 4.79 Å². The van der Waals surface area contributed by atoms with Gasteiger partial charge < -0.3 is 4.90 Å². The smallest absolute Gasteiger partial charge is 0.331 e. The van der Waals surface area contributed by atoms with E-state index in [-0.39, 0.29) is 13.1 Å². The monoisotopic (exact) mass is 139 g/mol. The molecule has 0 aromatic heterocycles. The first-order valence-corrected chi connectivity index (χ1v) is 2.38. The third kappa shape index (κ3) is 1.34. The van der Waals surface area contributed by atoms with Gasteiger partial charge in [0.2, 0.25) is 0 Å². The first kappa shape index (κ1) is 6.38. The van der Waals surface area contributed by atoms with Crippen molar-refractivity contribution in [2.75, 3.05) is 13.1 Å². The highest BCUT2D eigenvalue weighted by Gasteiger charge is 2.45. The molecule has 0 unspecified atom stereocenters. The molecule has 0 radical (unpaired) electrons. The van der Waals surface area contributed by atoms with Crippen LogP contribution in [0.5, 0.6) is 0 Å². The Bertz CT molecular complexity index is 137. The molecule has 52 valence electrons. The van der Waals surface area contributed by atoms with Crippen molar-refractivity contribution in [3.05, 3.63) is 0 Å². The largest absolute Gasteiger partial charge is 0.471 e. The third-order valence-electron chi connectivity index (χ3n) is 0.977. The second-order valence-electron chi connectivity index (χ2n) is 1.79. The van der Waals surface area contributed by atoms with Crippen LogP contribution in [-0.2, 0) is 4.79 Å². The van der Waals surface area contributed by atoms with Crippen LogP contribution < -0.4 is 0 Å². The van der Waals surface area contributed by atoms with E-state index in [0.29, 0.717) is 0 Å². The molecule has 0 atom stereocenters. The highest BCUT2D eigenvalue weighted by molar-refractivity contribution is 5.83. The van der Waals surface area contributed by atoms with Gasteiger partial charge in [-0.2, -0.15) is 13.2 Å². The summed E-state index contributed by atoms with van der Waals surface area (Å²) in [5.74, 6) is -1.72. The standard InChI is InChI=1S/C4H4F3NO/c5-4(6,7)3(9)8-1-2-8/h1-2H2. The molecule has 1 heterocycles. The van der Waals surface area contributed by atoms with Gasteiger partial charge in [0.25, 0.3) is 0 Å². The Labute approximate surface area is 49.2 Å². The van der Waals surface area contributed by atoms with Crippen molar-refractivity contribution in [2.24, 2.45) is 0 Å². The summed E-state index contributed by atoms with van der Waals surface area (Å²) in [6.45, 7) is 0.497. The Morgan fingerprint density at radius 2 is 1.78 bits per heavy atom. The number of hydrogen-bond donors (Lipinski definition) is 0. The van der Waals surface area contributed by atoms with E-state index in [1.54, 1.807) is 0 Å². The third-order valence-corrected chi connectivity index (χ3v) is 0.977. The fourth-order valence-electron chi connectivity index (χ4n) is 0.432. The molecule has 0 N–H and O–H groups in total. The number of alkyl halides is 3. The van der Waals surface area contributed by atoms with Crippen molar-refractivity contribution in [1.29, 1.82) is 0 Å². The second-order valence-corrected chi connectivity index (χ2v) is 1.79. The molecule has 2 nitrogen and oxygen atoms in total. The molecule has 0 aromatic rings. The molecule has 1 rings (SSSR count). The number of carbonyl (C=O) groups excluding carboxylic acids is 1. The Morgan fingerprint density at radius 1 is 1.33 bits per heavy atom. The fraction of sp³-hybridized carbons (Fsp3) is 0.750. The molecule has 0 saturated carbocycles. The zero-order valence-electron chi connectivity index (χ0n) is 4.40. The number of amides is 1. The lowest BCUT2D eigenvalue weighted by Gasteiger charge is -2.03. The van der Waals surface area contributed by atoms with Crippen LogP contribution in [-0.4, -0.2) is 30.1 Å². The Balaban J connectivity index is 2.50. The molecule has 0 spiro atoms. The Hall–Kier alpha value is -0.740. The average Bonchev–Trinajstić information content (AvgIpc) is 2.40. The number of halogens is 3. The highest BCUT2D eigenvalue weighted by atomic mass is 19.4. The van der Waals surface area contributed by atoms with Crippen LogP contribution in [0.1, 0.15) is 0 Å². The zero-order valence-corrected chi connectivity index (χ0v) is 4.40. The molecular weight excluding hydrogens is 135 g/mol. The van der Waals surface area contributed by atoms with E-state index < -0.39 is 12.1 Å². The molecule has 0 aliphatic carbocycles. The van der Waals surface area contributed by atoms with E-state index in [1.165, 1.54) is 0 Å². The predicted molar refractivity (Wildman–Crippen MR) is 22.6 cm³/mol. The van der Waals surface area contributed by atoms with Gasteiger partial charge in [-0.15, -0.1) is 0 Å². The molecule has 9 heavy (non-hydrogen) atoms. The number of carbonyl (C=O) groups is 1. The van der Waals surface area contributed by atoms with Gasteiger partial charge in [-0.05, 0) is 0 Å². The van der Waals surface area contributed by atoms with E-state index in [4.69, 9.17) is 0 Å². The van der Waals surface area contributed by atoms with Crippen LogP contribution in [0.4, 0.5) is 13.2 Å². The molecule has 1 amide bonds. The van der Waals surface area contributed by atoms with E-state index in [2.05, 4.69) is 0 Å². The van der Waals surface area contributed by atoms with Gasteiger partial charge in [-0.25, -0.2) is 0 Å². The summed E-state index contributed by atoms with van der Waals surface area (Å²) in [5, 5.41) is 0. The van der Waals surface area contributed by atoms with Gasteiger partial charge in [0.15, 0.2) is 0 Å². The maximum absolute atomic E-state index is 11.3. The lowest BCUT2D eigenvalue weighted by molar-refractivity contribution is -0.179. The van der Waals surface area contributed by atoms with Crippen LogP contribution in [0.15, 0.2) is 0 Å². The van der Waals surface area contributed by atoms with Crippen LogP contribution in [0, 0.1) is 0 Å². The summed E-state index contributed by atoms with van der Waals surface area (Å²) in [5.41, 5.74) is 0. The minimum atomic E-state index is -4.67. The van der Waals surface area contributed by atoms with Gasteiger partial charge in [0.1, 0.15) is 0 Å². The summed E-state index contributed by atoms with van der Waals surface area (Å²) in [4.78, 5) is 10.8. The summed E-state index contributed by atoms with van der Waals surface area (Å²) in [7, 11) is 0. The second kappa shape index (κ2) is 1.62. The van der Waals surface area contributed by atoms with Crippen LogP contribution in [0.25, 0.3) is 0 Å². The lowest BCUT2D eigenvalue weighted by atomic mass is 10.6. The molecule has 0 bridgehead atoms. The minimum absolute atomic E-state index is 0.248. The maximum Gasteiger partial charge on any atom is 0.471 e. The summed E-state index contributed by atoms with van der Waals surface area (Å²) in [6, 6.07) is 0. The maximum atomic E-state index is 11.3. The van der Waals surface area contributed by atoms with Crippen molar-refractivity contribution in [3.63, 3.8) is 0 Å². The zero-order chi connectivity index (χ0) is 7.07. The topological polar surface area (TPSA) is 20.1 Å². The van der Waals surface area contributed by atoms with E-state index in [1.807, 2.05) is 0 Å². The summed E-state index contributed by atoms with van der Waals surface area (Å²) < 4.78 is 34.0.